The van der Waals surface area contributed by atoms with Gasteiger partial charge in [-0.1, -0.05) is 29.8 Å². The molecule has 4 heteroatoms. The van der Waals surface area contributed by atoms with E-state index in [1.165, 1.54) is 16.7 Å². The monoisotopic (exact) mass is 237 g/mol. The predicted molar refractivity (Wildman–Crippen MR) is 61.2 cm³/mol. The molecule has 0 saturated carbocycles. The smallest absolute Gasteiger partial charge is 0.250 e. The second-order valence-corrected chi connectivity index (χ2v) is 3.79. The van der Waals surface area contributed by atoms with Crippen LogP contribution in [0.25, 0.3) is 0 Å². The fourth-order valence-corrected chi connectivity index (χ4v) is 1.64. The maximum atomic E-state index is 13.6. The summed E-state index contributed by atoms with van der Waals surface area (Å²) in [4.78, 5) is 11.4. The third kappa shape index (κ3) is 2.14. The zero-order chi connectivity index (χ0) is 11.5. The summed E-state index contributed by atoms with van der Waals surface area (Å²) in [6.45, 7) is 0.187. The lowest BCUT2D eigenvalue weighted by atomic mass is 10.2. The second-order valence-electron chi connectivity index (χ2n) is 3.38. The van der Waals surface area contributed by atoms with Gasteiger partial charge in [0.25, 0.3) is 5.56 Å². The fourth-order valence-electron chi connectivity index (χ4n) is 1.45. The van der Waals surface area contributed by atoms with Crippen LogP contribution in [0.5, 0.6) is 0 Å². The molecule has 0 fully saturated rings. The molecule has 0 saturated heterocycles. The fraction of sp³-hybridized carbons (Fsp3) is 0.0833. The minimum absolute atomic E-state index is 0.0708. The van der Waals surface area contributed by atoms with Gasteiger partial charge in [0, 0.05) is 17.8 Å². The molecule has 0 atom stereocenters. The van der Waals surface area contributed by atoms with E-state index in [4.69, 9.17) is 11.6 Å². The van der Waals surface area contributed by atoms with Gasteiger partial charge in [0.1, 0.15) is 5.82 Å². The number of benzene rings is 1. The molecule has 2 aromatic rings. The van der Waals surface area contributed by atoms with Crippen molar-refractivity contribution < 1.29 is 4.39 Å². The van der Waals surface area contributed by atoms with Crippen LogP contribution in [0.1, 0.15) is 5.56 Å². The van der Waals surface area contributed by atoms with Gasteiger partial charge in [-0.15, -0.1) is 0 Å². The first-order valence-corrected chi connectivity index (χ1v) is 5.14. The molecular formula is C12H9ClFNO. The molecule has 0 amide bonds. The predicted octanol–water partition coefficient (Wildman–Crippen LogP) is 2.69. The van der Waals surface area contributed by atoms with Crippen LogP contribution in [0.2, 0.25) is 5.02 Å². The maximum Gasteiger partial charge on any atom is 0.250 e. The highest BCUT2D eigenvalue weighted by molar-refractivity contribution is 6.30. The quantitative estimate of drug-likeness (QED) is 0.787. The van der Waals surface area contributed by atoms with E-state index in [2.05, 4.69) is 0 Å². The topological polar surface area (TPSA) is 22.0 Å². The van der Waals surface area contributed by atoms with E-state index < -0.39 is 5.82 Å². The Morgan fingerprint density at radius 3 is 2.75 bits per heavy atom. The first kappa shape index (κ1) is 10.9. The lowest BCUT2D eigenvalue weighted by Crippen LogP contribution is -2.18. The van der Waals surface area contributed by atoms with Crippen LogP contribution in [-0.4, -0.2) is 4.57 Å². The third-order valence-corrected chi connectivity index (χ3v) is 2.56. The van der Waals surface area contributed by atoms with Crippen molar-refractivity contribution in [2.24, 2.45) is 0 Å². The maximum absolute atomic E-state index is 13.6. The summed E-state index contributed by atoms with van der Waals surface area (Å²) >= 11 is 5.66. The van der Waals surface area contributed by atoms with Crippen LogP contribution in [0.3, 0.4) is 0 Å². The van der Waals surface area contributed by atoms with Crippen LogP contribution in [0.15, 0.2) is 47.4 Å². The van der Waals surface area contributed by atoms with Gasteiger partial charge in [0.15, 0.2) is 0 Å². The molecule has 2 rings (SSSR count). The summed E-state index contributed by atoms with van der Waals surface area (Å²) in [5.41, 5.74) is 0.239. The Hall–Kier alpha value is -1.61. The van der Waals surface area contributed by atoms with Crippen molar-refractivity contribution >= 4 is 11.6 Å². The number of aromatic nitrogens is 1. The van der Waals surface area contributed by atoms with Crippen molar-refractivity contribution in [2.45, 2.75) is 6.54 Å². The van der Waals surface area contributed by atoms with Gasteiger partial charge >= 0.3 is 0 Å². The van der Waals surface area contributed by atoms with Gasteiger partial charge in [-0.2, -0.15) is 0 Å². The summed E-state index contributed by atoms with van der Waals surface area (Å²) in [5.74, 6) is -0.472. The van der Waals surface area contributed by atoms with Crippen molar-refractivity contribution in [1.29, 1.82) is 0 Å². The molecule has 1 aromatic carbocycles. The van der Waals surface area contributed by atoms with Gasteiger partial charge in [0.2, 0.25) is 0 Å². The molecule has 1 heterocycles. The molecule has 82 valence electrons. The van der Waals surface area contributed by atoms with Crippen molar-refractivity contribution in [3.63, 3.8) is 0 Å². The number of hydrogen-bond acceptors (Lipinski definition) is 1. The largest absolute Gasteiger partial charge is 0.311 e. The Kier molecular flexibility index (Phi) is 3.06. The van der Waals surface area contributed by atoms with E-state index in [1.54, 1.807) is 30.5 Å². The summed E-state index contributed by atoms with van der Waals surface area (Å²) in [7, 11) is 0. The van der Waals surface area contributed by atoms with Gasteiger partial charge in [-0.3, -0.25) is 4.79 Å². The highest BCUT2D eigenvalue weighted by atomic mass is 35.5. The average Bonchev–Trinajstić information content (AvgIpc) is 2.28. The zero-order valence-electron chi connectivity index (χ0n) is 8.36. The van der Waals surface area contributed by atoms with Gasteiger partial charge in [-0.05, 0) is 12.1 Å². The minimum Gasteiger partial charge on any atom is -0.311 e. The van der Waals surface area contributed by atoms with Gasteiger partial charge in [0.05, 0.1) is 11.6 Å². The van der Waals surface area contributed by atoms with E-state index in [-0.39, 0.29) is 17.1 Å². The van der Waals surface area contributed by atoms with Gasteiger partial charge < -0.3 is 4.57 Å². The third-order valence-electron chi connectivity index (χ3n) is 2.27. The second kappa shape index (κ2) is 4.49. The Bertz CT molecular complexity index is 565. The summed E-state index contributed by atoms with van der Waals surface area (Å²) in [6, 6.07) is 9.56. The summed E-state index contributed by atoms with van der Waals surface area (Å²) < 4.78 is 15.0. The van der Waals surface area contributed by atoms with Crippen molar-refractivity contribution in [2.75, 3.05) is 0 Å². The standard InChI is InChI=1S/C12H9ClFNO/c13-10-5-3-4-9(12(10)14)8-15-7-2-1-6-11(15)16/h1-7H,8H2. The highest BCUT2D eigenvalue weighted by Crippen LogP contribution is 2.18. The molecule has 0 radical (unpaired) electrons. The van der Waals surface area contributed by atoms with Crippen molar-refractivity contribution in [1.82, 2.24) is 4.57 Å². The minimum atomic E-state index is -0.472. The van der Waals surface area contributed by atoms with E-state index >= 15 is 0 Å². The number of pyridine rings is 1. The number of halogens is 2. The SMILES string of the molecule is O=c1ccccn1Cc1cccc(Cl)c1F. The van der Waals surface area contributed by atoms with E-state index in [1.807, 2.05) is 0 Å². The van der Waals surface area contributed by atoms with Crippen LogP contribution >= 0.6 is 11.6 Å². The summed E-state index contributed by atoms with van der Waals surface area (Å²) in [5, 5.41) is 0.0708. The molecule has 0 unspecified atom stereocenters. The Labute approximate surface area is 96.9 Å². The van der Waals surface area contributed by atoms with Gasteiger partial charge in [-0.25, -0.2) is 4.39 Å². The first-order chi connectivity index (χ1) is 7.68. The van der Waals surface area contributed by atoms with E-state index in [0.717, 1.165) is 0 Å². The van der Waals surface area contributed by atoms with Crippen LogP contribution in [-0.2, 0) is 6.54 Å². The van der Waals surface area contributed by atoms with Crippen LogP contribution < -0.4 is 5.56 Å². The molecule has 1 aromatic heterocycles. The van der Waals surface area contributed by atoms with Crippen LogP contribution in [0, 0.1) is 5.82 Å². The molecule has 0 spiro atoms. The Morgan fingerprint density at radius 1 is 1.19 bits per heavy atom. The lowest BCUT2D eigenvalue weighted by molar-refractivity contribution is 0.596. The number of hydrogen-bond donors (Lipinski definition) is 0. The Morgan fingerprint density at radius 2 is 2.00 bits per heavy atom. The van der Waals surface area contributed by atoms with Crippen molar-refractivity contribution in [3.05, 3.63) is 69.4 Å². The number of nitrogens with zero attached hydrogens (tertiary/aromatic N) is 1. The zero-order valence-corrected chi connectivity index (χ0v) is 9.12. The first-order valence-electron chi connectivity index (χ1n) is 4.77. The molecule has 0 N–H and O–H groups in total. The molecule has 0 bridgehead atoms. The lowest BCUT2D eigenvalue weighted by Gasteiger charge is -2.06. The molecule has 16 heavy (non-hydrogen) atoms. The molecule has 2 nitrogen and oxygen atoms in total. The molecular weight excluding hydrogens is 229 g/mol. The average molecular weight is 238 g/mol. The normalized spacial score (nSPS) is 10.4. The van der Waals surface area contributed by atoms with Crippen molar-refractivity contribution in [3.8, 4) is 0 Å². The molecule has 0 aliphatic heterocycles. The molecule has 0 aliphatic carbocycles. The summed E-state index contributed by atoms with van der Waals surface area (Å²) in [6.07, 6.45) is 1.61. The Balaban J connectivity index is 2.38. The molecule has 0 aliphatic rings. The van der Waals surface area contributed by atoms with E-state index in [9.17, 15) is 9.18 Å². The number of rotatable bonds is 2. The highest BCUT2D eigenvalue weighted by Gasteiger charge is 2.06. The van der Waals surface area contributed by atoms with Crippen LogP contribution in [0.4, 0.5) is 4.39 Å². The van der Waals surface area contributed by atoms with E-state index in [0.29, 0.717) is 5.56 Å².